The molecule has 3 aromatic rings. The van der Waals surface area contributed by atoms with Gasteiger partial charge in [0.25, 0.3) is 11.5 Å². The highest BCUT2D eigenvalue weighted by atomic mass is 16.1. The SMILES string of the molecule is C#Cc1cc(C(=O)NCc2c(CCC)cc(C)[nH]c2=O)c2c(C)cn(C(C)C)c2c1. The van der Waals surface area contributed by atoms with E-state index in [2.05, 4.69) is 47.8 Å². The first-order chi connectivity index (χ1) is 14.3. The van der Waals surface area contributed by atoms with Gasteiger partial charge in [-0.1, -0.05) is 19.3 Å². The summed E-state index contributed by atoms with van der Waals surface area (Å²) in [5.74, 6) is 2.42. The molecule has 2 heterocycles. The van der Waals surface area contributed by atoms with Gasteiger partial charge < -0.3 is 14.9 Å². The molecule has 0 aliphatic rings. The number of terminal acetylenes is 1. The highest BCUT2D eigenvalue weighted by Crippen LogP contribution is 2.29. The number of rotatable bonds is 6. The molecule has 1 amide bonds. The number of hydrogen-bond acceptors (Lipinski definition) is 2. The first kappa shape index (κ1) is 21.4. The number of aromatic amines is 1. The molecule has 0 saturated heterocycles. The number of fused-ring (bicyclic) bond motifs is 1. The largest absolute Gasteiger partial charge is 0.348 e. The minimum Gasteiger partial charge on any atom is -0.348 e. The lowest BCUT2D eigenvalue weighted by Crippen LogP contribution is -2.28. The fourth-order valence-corrected chi connectivity index (χ4v) is 4.01. The molecule has 2 aromatic heterocycles. The summed E-state index contributed by atoms with van der Waals surface area (Å²) in [4.78, 5) is 28.5. The third-order valence-electron chi connectivity index (χ3n) is 5.40. The van der Waals surface area contributed by atoms with Crippen LogP contribution in [0.25, 0.3) is 10.9 Å². The van der Waals surface area contributed by atoms with Crippen LogP contribution < -0.4 is 10.9 Å². The second-order valence-corrected chi connectivity index (χ2v) is 8.09. The first-order valence-corrected chi connectivity index (χ1v) is 10.4. The van der Waals surface area contributed by atoms with Crippen molar-refractivity contribution in [1.82, 2.24) is 14.9 Å². The summed E-state index contributed by atoms with van der Waals surface area (Å²) in [5.41, 5.74) is 5.43. The third kappa shape index (κ3) is 4.04. The van der Waals surface area contributed by atoms with Crippen LogP contribution in [0.4, 0.5) is 0 Å². The maximum absolute atomic E-state index is 13.2. The molecule has 1 aromatic carbocycles. The molecular weight excluding hydrogens is 374 g/mol. The summed E-state index contributed by atoms with van der Waals surface area (Å²) in [6, 6.07) is 5.93. The Morgan fingerprint density at radius 1 is 1.27 bits per heavy atom. The van der Waals surface area contributed by atoms with Crippen LogP contribution in [-0.4, -0.2) is 15.5 Å². The van der Waals surface area contributed by atoms with Gasteiger partial charge in [-0.05, 0) is 63.4 Å². The molecule has 30 heavy (non-hydrogen) atoms. The molecule has 0 saturated carbocycles. The number of carbonyl (C=O) groups excluding carboxylic acids is 1. The van der Waals surface area contributed by atoms with Crippen LogP contribution >= 0.6 is 0 Å². The Morgan fingerprint density at radius 3 is 2.63 bits per heavy atom. The van der Waals surface area contributed by atoms with E-state index in [1.54, 1.807) is 6.07 Å². The smallest absolute Gasteiger partial charge is 0.253 e. The lowest BCUT2D eigenvalue weighted by molar-refractivity contribution is 0.0952. The molecule has 0 bridgehead atoms. The van der Waals surface area contributed by atoms with E-state index in [4.69, 9.17) is 6.42 Å². The lowest BCUT2D eigenvalue weighted by Gasteiger charge is -2.13. The van der Waals surface area contributed by atoms with E-state index in [9.17, 15) is 9.59 Å². The van der Waals surface area contributed by atoms with E-state index in [0.29, 0.717) is 16.7 Å². The highest BCUT2D eigenvalue weighted by Gasteiger charge is 2.18. The van der Waals surface area contributed by atoms with Gasteiger partial charge in [0.05, 0.1) is 11.1 Å². The van der Waals surface area contributed by atoms with Crippen LogP contribution in [0.1, 0.15) is 71.5 Å². The van der Waals surface area contributed by atoms with E-state index in [-0.39, 0.29) is 24.1 Å². The third-order valence-corrected chi connectivity index (χ3v) is 5.40. The molecule has 3 rings (SSSR count). The van der Waals surface area contributed by atoms with E-state index in [1.165, 1.54) is 0 Å². The van der Waals surface area contributed by atoms with Gasteiger partial charge >= 0.3 is 0 Å². The van der Waals surface area contributed by atoms with E-state index < -0.39 is 0 Å². The lowest BCUT2D eigenvalue weighted by atomic mass is 10.0. The summed E-state index contributed by atoms with van der Waals surface area (Å²) < 4.78 is 2.13. The van der Waals surface area contributed by atoms with Gasteiger partial charge in [-0.25, -0.2) is 0 Å². The van der Waals surface area contributed by atoms with Gasteiger partial charge in [0, 0.05) is 41.0 Å². The van der Waals surface area contributed by atoms with Gasteiger partial charge in [0.2, 0.25) is 0 Å². The zero-order valence-corrected chi connectivity index (χ0v) is 18.3. The minimum atomic E-state index is -0.232. The Labute approximate surface area is 177 Å². The number of benzene rings is 1. The Morgan fingerprint density at radius 2 is 2.00 bits per heavy atom. The average molecular weight is 404 g/mol. The number of nitrogens with zero attached hydrogens (tertiary/aromatic N) is 1. The fraction of sp³-hybridized carbons (Fsp3) is 0.360. The summed E-state index contributed by atoms with van der Waals surface area (Å²) in [7, 11) is 0. The molecule has 0 aliphatic heterocycles. The molecule has 0 spiro atoms. The normalized spacial score (nSPS) is 11.1. The number of amides is 1. The van der Waals surface area contributed by atoms with Crippen LogP contribution in [0.15, 0.2) is 29.2 Å². The monoisotopic (exact) mass is 403 g/mol. The molecule has 2 N–H and O–H groups in total. The van der Waals surface area contributed by atoms with Crippen LogP contribution in [0.5, 0.6) is 0 Å². The zero-order valence-electron chi connectivity index (χ0n) is 18.3. The number of pyridine rings is 1. The number of H-pyrrole nitrogens is 1. The van der Waals surface area contributed by atoms with E-state index in [0.717, 1.165) is 40.6 Å². The summed E-state index contributed by atoms with van der Waals surface area (Å²) in [5, 5.41) is 3.84. The number of aromatic nitrogens is 2. The standard InChI is InChI=1S/C25H29N3O2/c1-7-9-19-10-17(6)27-25(30)21(19)13-26-24(29)20-11-18(8-2)12-22-23(20)16(5)14-28(22)15(3)4/h2,10-12,14-15H,7,9,13H2,1,3-6H3,(H,26,29)(H,27,30). The Hall–Kier alpha value is -3.26. The molecule has 0 radical (unpaired) electrons. The average Bonchev–Trinajstić information content (AvgIpc) is 3.03. The summed E-state index contributed by atoms with van der Waals surface area (Å²) in [6.45, 7) is 10.3. The van der Waals surface area contributed by atoms with Crippen molar-refractivity contribution < 1.29 is 4.79 Å². The maximum atomic E-state index is 13.2. The van der Waals surface area contributed by atoms with Gasteiger partial charge in [-0.15, -0.1) is 6.42 Å². The van der Waals surface area contributed by atoms with Crippen LogP contribution in [0, 0.1) is 26.2 Å². The highest BCUT2D eigenvalue weighted by molar-refractivity contribution is 6.08. The van der Waals surface area contributed by atoms with Gasteiger partial charge in [0.1, 0.15) is 0 Å². The first-order valence-electron chi connectivity index (χ1n) is 10.4. The number of carbonyl (C=O) groups is 1. The molecular formula is C25H29N3O2. The topological polar surface area (TPSA) is 66.9 Å². The van der Waals surface area contributed by atoms with Crippen molar-refractivity contribution in [3.05, 3.63) is 68.3 Å². The van der Waals surface area contributed by atoms with Crippen molar-refractivity contribution >= 4 is 16.8 Å². The quantitative estimate of drug-likeness (QED) is 0.600. The Bertz CT molecular complexity index is 1210. The van der Waals surface area contributed by atoms with Crippen molar-refractivity contribution in [3.63, 3.8) is 0 Å². The predicted octanol–water partition coefficient (Wildman–Crippen LogP) is 4.39. The number of nitrogens with one attached hydrogen (secondary N) is 2. The van der Waals surface area contributed by atoms with Crippen molar-refractivity contribution in [3.8, 4) is 12.3 Å². The summed E-state index contributed by atoms with van der Waals surface area (Å²) in [6.07, 6.45) is 9.43. The fourth-order valence-electron chi connectivity index (χ4n) is 4.01. The molecule has 5 nitrogen and oxygen atoms in total. The second kappa shape index (κ2) is 8.62. The van der Waals surface area contributed by atoms with Crippen LogP contribution in [-0.2, 0) is 13.0 Å². The van der Waals surface area contributed by atoms with Crippen molar-refractivity contribution in [2.24, 2.45) is 0 Å². The minimum absolute atomic E-state index is 0.150. The molecule has 156 valence electrons. The van der Waals surface area contributed by atoms with Gasteiger partial charge in [-0.2, -0.15) is 0 Å². The Kier molecular flexibility index (Phi) is 6.17. The van der Waals surface area contributed by atoms with Crippen molar-refractivity contribution in [1.29, 1.82) is 0 Å². The van der Waals surface area contributed by atoms with Crippen molar-refractivity contribution in [2.45, 2.75) is 60.0 Å². The second-order valence-electron chi connectivity index (χ2n) is 8.09. The molecule has 0 unspecified atom stereocenters. The van der Waals surface area contributed by atoms with Crippen LogP contribution in [0.3, 0.4) is 0 Å². The molecule has 0 atom stereocenters. The number of aryl methyl sites for hydroxylation is 3. The predicted molar refractivity (Wildman–Crippen MR) is 122 cm³/mol. The van der Waals surface area contributed by atoms with Gasteiger partial charge in [0.15, 0.2) is 0 Å². The van der Waals surface area contributed by atoms with Crippen LogP contribution in [0.2, 0.25) is 0 Å². The van der Waals surface area contributed by atoms with Crippen molar-refractivity contribution in [2.75, 3.05) is 0 Å². The number of hydrogen-bond donors (Lipinski definition) is 2. The zero-order chi connectivity index (χ0) is 22.0. The van der Waals surface area contributed by atoms with E-state index in [1.807, 2.05) is 26.0 Å². The van der Waals surface area contributed by atoms with E-state index >= 15 is 0 Å². The maximum Gasteiger partial charge on any atom is 0.253 e. The molecule has 0 fully saturated rings. The molecule has 5 heteroatoms. The molecule has 0 aliphatic carbocycles. The van der Waals surface area contributed by atoms with Gasteiger partial charge in [-0.3, -0.25) is 9.59 Å². The summed E-state index contributed by atoms with van der Waals surface area (Å²) >= 11 is 0. The Balaban J connectivity index is 2.01.